The van der Waals surface area contributed by atoms with E-state index < -0.39 is 0 Å². The number of halogens is 1. The van der Waals surface area contributed by atoms with Crippen molar-refractivity contribution in [1.82, 2.24) is 9.88 Å². The zero-order chi connectivity index (χ0) is 21.8. The lowest BCUT2D eigenvalue weighted by Gasteiger charge is -2.09. The summed E-state index contributed by atoms with van der Waals surface area (Å²) >= 11 is 1.74. The van der Waals surface area contributed by atoms with Crippen LogP contribution in [0.2, 0.25) is 0 Å². The lowest BCUT2D eigenvalue weighted by atomic mass is 10.1. The number of carbonyl (C=O) groups excluding carboxylic acids is 1. The van der Waals surface area contributed by atoms with Gasteiger partial charge in [-0.1, -0.05) is 36.4 Å². The Balaban J connectivity index is 1.43. The third-order valence-electron chi connectivity index (χ3n) is 5.47. The van der Waals surface area contributed by atoms with Gasteiger partial charge in [-0.15, -0.1) is 11.8 Å². The molecule has 3 nitrogen and oxygen atoms in total. The van der Waals surface area contributed by atoms with Crippen LogP contribution in [0.4, 0.5) is 4.39 Å². The lowest BCUT2D eigenvalue weighted by Crippen LogP contribution is -2.27. The van der Waals surface area contributed by atoms with Crippen LogP contribution in [0.5, 0.6) is 0 Å². The highest BCUT2D eigenvalue weighted by Gasteiger charge is 2.10. The summed E-state index contributed by atoms with van der Waals surface area (Å²) in [5.41, 5.74) is 5.22. The normalized spacial score (nSPS) is 11.1. The summed E-state index contributed by atoms with van der Waals surface area (Å²) in [6.07, 6.45) is 2.14. The molecule has 0 saturated heterocycles. The summed E-state index contributed by atoms with van der Waals surface area (Å²) < 4.78 is 15.3. The number of thioether (sulfide) groups is 1. The molecule has 1 aromatic heterocycles. The Labute approximate surface area is 186 Å². The van der Waals surface area contributed by atoms with E-state index in [4.69, 9.17) is 0 Å². The van der Waals surface area contributed by atoms with E-state index in [1.165, 1.54) is 28.0 Å². The molecule has 0 aliphatic rings. The molecule has 0 bridgehead atoms. The van der Waals surface area contributed by atoms with E-state index in [0.29, 0.717) is 18.7 Å². The van der Waals surface area contributed by atoms with Gasteiger partial charge in [-0.25, -0.2) is 4.39 Å². The van der Waals surface area contributed by atoms with Crippen molar-refractivity contribution in [3.8, 4) is 0 Å². The van der Waals surface area contributed by atoms with Gasteiger partial charge in [-0.2, -0.15) is 0 Å². The third-order valence-corrected chi connectivity index (χ3v) is 6.58. The summed E-state index contributed by atoms with van der Waals surface area (Å²) in [5, 5.41) is 4.22. The maximum absolute atomic E-state index is 13.1. The van der Waals surface area contributed by atoms with Gasteiger partial charge in [0.15, 0.2) is 0 Å². The minimum Gasteiger partial charge on any atom is -0.350 e. The second-order valence-electron chi connectivity index (χ2n) is 7.67. The van der Waals surface area contributed by atoms with Gasteiger partial charge >= 0.3 is 0 Å². The van der Waals surface area contributed by atoms with Gasteiger partial charge in [0.1, 0.15) is 5.82 Å². The highest BCUT2D eigenvalue weighted by molar-refractivity contribution is 7.98. The van der Waals surface area contributed by atoms with Gasteiger partial charge in [0, 0.05) is 46.4 Å². The first-order valence-corrected chi connectivity index (χ1v) is 11.3. The van der Waals surface area contributed by atoms with E-state index in [9.17, 15) is 9.18 Å². The molecular weight excluding hydrogens is 407 g/mol. The second kappa shape index (κ2) is 9.40. The highest BCUT2D eigenvalue weighted by Crippen LogP contribution is 2.32. The van der Waals surface area contributed by atoms with Crippen molar-refractivity contribution in [3.63, 3.8) is 0 Å². The number of para-hydroxylation sites is 1. The summed E-state index contributed by atoms with van der Waals surface area (Å²) in [6.45, 7) is 5.30. The average Bonchev–Trinajstić information content (AvgIpc) is 3.13. The molecule has 1 heterocycles. The summed E-state index contributed by atoms with van der Waals surface area (Å²) in [4.78, 5) is 13.7. The Morgan fingerprint density at radius 1 is 1.00 bits per heavy atom. The van der Waals surface area contributed by atoms with Crippen molar-refractivity contribution in [1.29, 1.82) is 0 Å². The van der Waals surface area contributed by atoms with Crippen LogP contribution in [0.25, 0.3) is 10.9 Å². The van der Waals surface area contributed by atoms with E-state index in [2.05, 4.69) is 28.2 Å². The molecule has 0 saturated carbocycles. The Morgan fingerprint density at radius 2 is 1.77 bits per heavy atom. The molecule has 0 radical (unpaired) electrons. The fourth-order valence-corrected chi connectivity index (χ4v) is 4.57. The minimum atomic E-state index is -0.215. The van der Waals surface area contributed by atoms with Crippen LogP contribution >= 0.6 is 11.8 Å². The van der Waals surface area contributed by atoms with Crippen LogP contribution in [0.15, 0.2) is 77.8 Å². The molecule has 1 N–H and O–H groups in total. The fourth-order valence-electron chi connectivity index (χ4n) is 3.53. The van der Waals surface area contributed by atoms with Crippen molar-refractivity contribution in [3.05, 3.63) is 101 Å². The number of benzene rings is 3. The molecule has 3 aromatic carbocycles. The zero-order valence-electron chi connectivity index (χ0n) is 17.7. The van der Waals surface area contributed by atoms with Gasteiger partial charge in [0.05, 0.1) is 0 Å². The van der Waals surface area contributed by atoms with Crippen molar-refractivity contribution in [2.24, 2.45) is 0 Å². The van der Waals surface area contributed by atoms with Gasteiger partial charge in [-0.05, 0) is 60.9 Å². The number of nitrogens with zero attached hydrogens (tertiary/aromatic N) is 1. The molecule has 4 aromatic rings. The molecule has 31 heavy (non-hydrogen) atoms. The average molecular weight is 433 g/mol. The number of hydrogen-bond acceptors (Lipinski definition) is 2. The van der Waals surface area contributed by atoms with Crippen molar-refractivity contribution in [2.45, 2.75) is 31.0 Å². The van der Waals surface area contributed by atoms with Crippen molar-refractivity contribution < 1.29 is 9.18 Å². The smallest absolute Gasteiger partial charge is 0.251 e. The maximum atomic E-state index is 13.1. The van der Waals surface area contributed by atoms with Crippen LogP contribution in [-0.4, -0.2) is 17.0 Å². The first kappa shape index (κ1) is 21.2. The number of aryl methyl sites for hydroxylation is 2. The van der Waals surface area contributed by atoms with Gasteiger partial charge in [-0.3, -0.25) is 4.79 Å². The predicted octanol–water partition coefficient (Wildman–Crippen LogP) is 6.12. The number of aromatic nitrogens is 1. The van der Waals surface area contributed by atoms with E-state index in [0.717, 1.165) is 22.4 Å². The van der Waals surface area contributed by atoms with Crippen molar-refractivity contribution in [2.75, 3.05) is 6.54 Å². The quantitative estimate of drug-likeness (QED) is 0.357. The number of rotatable bonds is 7. The molecule has 0 aliphatic heterocycles. The first-order valence-electron chi connectivity index (χ1n) is 10.3. The molecule has 0 aliphatic carbocycles. The van der Waals surface area contributed by atoms with Crippen molar-refractivity contribution >= 4 is 28.6 Å². The van der Waals surface area contributed by atoms with E-state index in [1.54, 1.807) is 11.8 Å². The largest absolute Gasteiger partial charge is 0.350 e. The Bertz CT molecular complexity index is 1210. The van der Waals surface area contributed by atoms with Crippen LogP contribution in [-0.2, 0) is 12.3 Å². The molecule has 1 amide bonds. The number of fused-ring (bicyclic) bond motifs is 1. The number of nitrogens with one attached hydrogen (secondary N) is 1. The molecular formula is C26H25FN2OS. The summed E-state index contributed by atoms with van der Waals surface area (Å²) in [5.74, 6) is 0.510. The molecule has 158 valence electrons. The number of hydrogen-bond donors (Lipinski definition) is 1. The van der Waals surface area contributed by atoms with Crippen LogP contribution in [0, 0.1) is 19.7 Å². The Hall–Kier alpha value is -3.05. The topological polar surface area (TPSA) is 34.0 Å². The molecule has 5 heteroatoms. The molecule has 0 unspecified atom stereocenters. The first-order chi connectivity index (χ1) is 15.0. The van der Waals surface area contributed by atoms with Crippen LogP contribution in [0.1, 0.15) is 27.0 Å². The van der Waals surface area contributed by atoms with E-state index in [-0.39, 0.29) is 11.7 Å². The number of amides is 1. The summed E-state index contributed by atoms with van der Waals surface area (Å²) in [7, 11) is 0. The zero-order valence-corrected chi connectivity index (χ0v) is 18.5. The van der Waals surface area contributed by atoms with Crippen LogP contribution in [0.3, 0.4) is 0 Å². The second-order valence-corrected chi connectivity index (χ2v) is 8.69. The van der Waals surface area contributed by atoms with E-state index in [1.807, 2.05) is 56.3 Å². The standard InChI is InChI=1S/C26H25FN2OS/c1-18-7-10-21(15-19(18)2)26(30)28-13-14-29-16-25(23-5-3-4-6-24(23)29)31-17-20-8-11-22(27)12-9-20/h3-12,15-16H,13-14,17H2,1-2H3,(H,28,30). The maximum Gasteiger partial charge on any atom is 0.251 e. The van der Waals surface area contributed by atoms with Crippen LogP contribution < -0.4 is 5.32 Å². The van der Waals surface area contributed by atoms with Gasteiger partial charge < -0.3 is 9.88 Å². The van der Waals surface area contributed by atoms with Gasteiger partial charge in [0.25, 0.3) is 5.91 Å². The highest BCUT2D eigenvalue weighted by atomic mass is 32.2. The minimum absolute atomic E-state index is 0.0505. The number of carbonyl (C=O) groups is 1. The third kappa shape index (κ3) is 5.00. The molecule has 4 rings (SSSR count). The van der Waals surface area contributed by atoms with E-state index >= 15 is 0 Å². The van der Waals surface area contributed by atoms with Gasteiger partial charge in [0.2, 0.25) is 0 Å². The molecule has 0 atom stereocenters. The molecule has 0 spiro atoms. The summed E-state index contributed by atoms with van der Waals surface area (Å²) in [6, 6.07) is 20.7. The SMILES string of the molecule is Cc1ccc(C(=O)NCCn2cc(SCc3ccc(F)cc3)c3ccccc32)cc1C. The lowest BCUT2D eigenvalue weighted by molar-refractivity contribution is 0.0952. The Kier molecular flexibility index (Phi) is 6.42. The predicted molar refractivity (Wildman–Crippen MR) is 126 cm³/mol. The molecule has 0 fully saturated rings. The Morgan fingerprint density at radius 3 is 2.55 bits per heavy atom. The monoisotopic (exact) mass is 432 g/mol. The fraction of sp³-hybridized carbons (Fsp3) is 0.192.